The number of aromatic nitrogens is 4. The summed E-state index contributed by atoms with van der Waals surface area (Å²) in [6.07, 6.45) is 3.42. The van der Waals surface area contributed by atoms with Gasteiger partial charge in [0.2, 0.25) is 0 Å². The van der Waals surface area contributed by atoms with Crippen molar-refractivity contribution in [1.82, 2.24) is 19.5 Å². The summed E-state index contributed by atoms with van der Waals surface area (Å²) >= 11 is 0. The van der Waals surface area contributed by atoms with E-state index in [2.05, 4.69) is 169 Å². The summed E-state index contributed by atoms with van der Waals surface area (Å²) in [7, 11) is 0. The summed E-state index contributed by atoms with van der Waals surface area (Å²) in [5.74, 6) is 0.844. The molecular formula is C57H53N4OPt-. The Bertz CT molecular complexity index is 3130. The number of hydrogen-bond acceptors (Lipinski definition) is 4. The molecule has 0 aliphatic rings. The molecule has 0 unspecified atom stereocenters. The zero-order valence-corrected chi connectivity index (χ0v) is 39.8. The van der Waals surface area contributed by atoms with Crippen molar-refractivity contribution in [2.75, 3.05) is 0 Å². The van der Waals surface area contributed by atoms with Crippen molar-refractivity contribution in [2.24, 2.45) is 0 Å². The third kappa shape index (κ3) is 8.40. The van der Waals surface area contributed by atoms with Crippen molar-refractivity contribution in [2.45, 2.75) is 78.6 Å². The fourth-order valence-corrected chi connectivity index (χ4v) is 8.32. The molecule has 9 aromatic rings. The fourth-order valence-electron chi connectivity index (χ4n) is 8.32. The van der Waals surface area contributed by atoms with Crippen LogP contribution in [0, 0.1) is 6.07 Å². The number of para-hydroxylation sites is 1. The van der Waals surface area contributed by atoms with E-state index in [4.69, 9.17) is 9.97 Å². The van der Waals surface area contributed by atoms with Crippen molar-refractivity contribution in [3.63, 3.8) is 0 Å². The van der Waals surface area contributed by atoms with E-state index in [0.29, 0.717) is 5.56 Å². The molecule has 0 aliphatic carbocycles. The van der Waals surface area contributed by atoms with Crippen molar-refractivity contribution in [1.29, 1.82) is 0 Å². The first-order chi connectivity index (χ1) is 29.5. The summed E-state index contributed by atoms with van der Waals surface area (Å²) in [5, 5.41) is 12.6. The molecule has 0 aliphatic heterocycles. The molecule has 0 saturated heterocycles. The SMILES string of the molecule is CC(C)(C)c1cc(-c2cc(C(C)(C)C)cc3cccnc23)[c-]c(-c2nc3c(-c4cc(-c5ccccc5)ncc4O)cccc3n2-c2ccc(C(C)(C)C)cc2-c2ccccc2)c1.[Pt]. The van der Waals surface area contributed by atoms with Gasteiger partial charge in [-0.1, -0.05) is 171 Å². The Labute approximate surface area is 386 Å². The Hall–Kier alpha value is -6.16. The van der Waals surface area contributed by atoms with Crippen LogP contribution in [0.1, 0.15) is 79.0 Å². The van der Waals surface area contributed by atoms with Crippen LogP contribution in [0.2, 0.25) is 0 Å². The van der Waals surface area contributed by atoms with Gasteiger partial charge in [0.1, 0.15) is 5.75 Å². The molecule has 63 heavy (non-hydrogen) atoms. The van der Waals surface area contributed by atoms with E-state index in [1.54, 1.807) is 6.20 Å². The van der Waals surface area contributed by atoms with Gasteiger partial charge in [-0.2, -0.15) is 0 Å². The number of fused-ring (bicyclic) bond motifs is 2. The van der Waals surface area contributed by atoms with E-state index < -0.39 is 0 Å². The normalized spacial score (nSPS) is 12.1. The van der Waals surface area contributed by atoms with Gasteiger partial charge in [-0.15, -0.1) is 29.3 Å². The van der Waals surface area contributed by atoms with E-state index in [1.807, 2.05) is 54.7 Å². The molecule has 1 N–H and O–H groups in total. The Kier molecular flexibility index (Phi) is 11.4. The summed E-state index contributed by atoms with van der Waals surface area (Å²) in [6, 6.07) is 53.0. The van der Waals surface area contributed by atoms with Gasteiger partial charge >= 0.3 is 0 Å². The molecule has 6 aromatic carbocycles. The first-order valence-electron chi connectivity index (χ1n) is 21.5. The van der Waals surface area contributed by atoms with Gasteiger partial charge in [-0.3, -0.25) is 15.0 Å². The number of pyridine rings is 2. The standard InChI is InChI=1S/C57H53N4O.Pt/c1-55(2,3)41-25-26-49(45(32-41)36-18-12-10-13-19-36)61-50-24-16-23-44(47-34-48(59-35-51(47)62)37-20-14-11-15-21-37)53(50)60-54(61)40-28-39(30-42(31-40)56(4,5)6)46-33-43(57(7,8)9)29-38-22-17-27-58-52(38)46;/h10-27,29-35,62H,1-9H3;/q-1;. The number of hydrogen-bond donors (Lipinski definition) is 1. The van der Waals surface area contributed by atoms with Gasteiger partial charge in [0.05, 0.1) is 28.7 Å². The second-order valence-corrected chi connectivity index (χ2v) is 19.5. The van der Waals surface area contributed by atoms with Gasteiger partial charge in [0.25, 0.3) is 0 Å². The van der Waals surface area contributed by atoms with E-state index in [1.165, 1.54) is 11.1 Å². The molecule has 318 valence electrons. The molecule has 6 heteroatoms. The third-order valence-electron chi connectivity index (χ3n) is 12.0. The third-order valence-corrected chi connectivity index (χ3v) is 12.0. The number of nitrogens with zero attached hydrogens (tertiary/aromatic N) is 4. The fraction of sp³-hybridized carbons (Fsp3) is 0.211. The molecule has 3 heterocycles. The Balaban J connectivity index is 0.00000544. The molecule has 3 aromatic heterocycles. The van der Waals surface area contributed by atoms with Crippen LogP contribution < -0.4 is 0 Å². The van der Waals surface area contributed by atoms with Crippen LogP contribution in [-0.2, 0) is 37.3 Å². The molecule has 5 nitrogen and oxygen atoms in total. The van der Waals surface area contributed by atoms with Crippen LogP contribution in [0.4, 0.5) is 0 Å². The first-order valence-corrected chi connectivity index (χ1v) is 21.5. The topological polar surface area (TPSA) is 63.8 Å². The second-order valence-electron chi connectivity index (χ2n) is 19.5. The van der Waals surface area contributed by atoms with Crippen molar-refractivity contribution < 1.29 is 26.2 Å². The largest absolute Gasteiger partial charge is 0.506 e. The minimum atomic E-state index is -0.203. The summed E-state index contributed by atoms with van der Waals surface area (Å²) in [4.78, 5) is 15.2. The molecule has 9 rings (SSSR count). The molecule has 0 amide bonds. The minimum Gasteiger partial charge on any atom is -0.506 e. The minimum absolute atomic E-state index is 0. The molecule has 0 saturated carbocycles. The van der Waals surface area contributed by atoms with Gasteiger partial charge in [0, 0.05) is 60.7 Å². The zero-order valence-electron chi connectivity index (χ0n) is 37.5. The van der Waals surface area contributed by atoms with Crippen LogP contribution in [0.5, 0.6) is 5.75 Å². The van der Waals surface area contributed by atoms with E-state index >= 15 is 0 Å². The van der Waals surface area contributed by atoms with Gasteiger partial charge in [-0.25, -0.2) is 0 Å². The molecule has 0 atom stereocenters. The monoisotopic (exact) mass is 1000 g/mol. The van der Waals surface area contributed by atoms with Crippen LogP contribution in [-0.4, -0.2) is 24.6 Å². The molecule has 0 bridgehead atoms. The molecule has 0 fully saturated rings. The number of aromatic hydroxyl groups is 1. The average Bonchev–Trinajstić information content (AvgIpc) is 3.65. The maximum absolute atomic E-state index is 11.5. The Morgan fingerprint density at radius 2 is 1.14 bits per heavy atom. The smallest absolute Gasteiger partial charge is 0.141 e. The summed E-state index contributed by atoms with van der Waals surface area (Å²) in [6.45, 7) is 20.3. The van der Waals surface area contributed by atoms with Crippen LogP contribution in [0.15, 0.2) is 152 Å². The maximum atomic E-state index is 11.5. The molecular weight excluding hydrogens is 952 g/mol. The van der Waals surface area contributed by atoms with Crippen LogP contribution in [0.3, 0.4) is 0 Å². The van der Waals surface area contributed by atoms with Crippen molar-refractivity contribution >= 4 is 21.9 Å². The predicted octanol–water partition coefficient (Wildman–Crippen LogP) is 14.7. The van der Waals surface area contributed by atoms with Gasteiger partial charge in [0.15, 0.2) is 0 Å². The Morgan fingerprint density at radius 3 is 1.83 bits per heavy atom. The van der Waals surface area contributed by atoms with Gasteiger partial charge in [-0.05, 0) is 68.7 Å². The van der Waals surface area contributed by atoms with Crippen molar-refractivity contribution in [3.8, 4) is 67.5 Å². The quantitative estimate of drug-likeness (QED) is 0.169. The summed E-state index contributed by atoms with van der Waals surface area (Å²) in [5.41, 5.74) is 15.2. The second kappa shape index (κ2) is 16.5. The average molecular weight is 1010 g/mol. The predicted molar refractivity (Wildman–Crippen MR) is 258 cm³/mol. The Morgan fingerprint density at radius 1 is 0.508 bits per heavy atom. The zero-order chi connectivity index (χ0) is 43.6. The van der Waals surface area contributed by atoms with Crippen LogP contribution in [0.25, 0.3) is 83.6 Å². The van der Waals surface area contributed by atoms with Crippen LogP contribution >= 0.6 is 0 Å². The number of rotatable bonds is 6. The summed E-state index contributed by atoms with van der Waals surface area (Å²) < 4.78 is 2.30. The van der Waals surface area contributed by atoms with E-state index in [-0.39, 0.29) is 43.1 Å². The van der Waals surface area contributed by atoms with E-state index in [0.717, 1.165) is 83.6 Å². The molecule has 0 spiro atoms. The molecule has 0 radical (unpaired) electrons. The first kappa shape index (κ1) is 43.5. The van der Waals surface area contributed by atoms with Gasteiger partial charge < -0.3 is 9.67 Å². The van der Waals surface area contributed by atoms with E-state index in [9.17, 15) is 5.11 Å². The maximum Gasteiger partial charge on any atom is 0.141 e. The number of benzene rings is 6. The van der Waals surface area contributed by atoms with Crippen molar-refractivity contribution in [3.05, 3.63) is 175 Å². The number of imidazole rings is 1.